The summed E-state index contributed by atoms with van der Waals surface area (Å²) in [5.41, 5.74) is 0.484. The highest BCUT2D eigenvalue weighted by atomic mass is 35.5. The van der Waals surface area contributed by atoms with Gasteiger partial charge in [-0.1, -0.05) is 6.07 Å². The van der Waals surface area contributed by atoms with E-state index in [0.717, 1.165) is 4.68 Å². The van der Waals surface area contributed by atoms with Crippen molar-refractivity contribution in [3.05, 3.63) is 23.8 Å². The van der Waals surface area contributed by atoms with Gasteiger partial charge in [0, 0.05) is 19.4 Å². The van der Waals surface area contributed by atoms with Crippen LogP contribution in [-0.2, 0) is 4.79 Å². The summed E-state index contributed by atoms with van der Waals surface area (Å²) < 4.78 is 5.97. The molecule has 0 bridgehead atoms. The van der Waals surface area contributed by atoms with Crippen LogP contribution in [0.3, 0.4) is 0 Å². The van der Waals surface area contributed by atoms with Crippen molar-refractivity contribution in [2.75, 3.05) is 0 Å². The first-order valence-corrected chi connectivity index (χ1v) is 5.70. The van der Waals surface area contributed by atoms with Crippen molar-refractivity contribution in [2.24, 2.45) is 0 Å². The second-order valence-electron chi connectivity index (χ2n) is 3.80. The third kappa shape index (κ3) is 2.34. The molecule has 0 atom stereocenters. The summed E-state index contributed by atoms with van der Waals surface area (Å²) in [7, 11) is 0. The molecular weight excluding hydrogens is 272 g/mol. The molecule has 6 nitrogen and oxygen atoms in total. The summed E-state index contributed by atoms with van der Waals surface area (Å²) in [5, 5.41) is 3.41. The molecule has 0 N–H and O–H groups in total. The van der Waals surface area contributed by atoms with Crippen LogP contribution in [0.15, 0.2) is 18.2 Å². The summed E-state index contributed by atoms with van der Waals surface area (Å²) in [6, 6.07) is 4.62. The van der Waals surface area contributed by atoms with E-state index in [2.05, 4.69) is 5.10 Å². The predicted octanol–water partition coefficient (Wildman–Crippen LogP) is 2.00. The summed E-state index contributed by atoms with van der Waals surface area (Å²) in [6.07, 6.45) is 0. The van der Waals surface area contributed by atoms with Crippen molar-refractivity contribution in [1.29, 1.82) is 0 Å². The van der Waals surface area contributed by atoms with Crippen LogP contribution in [0.1, 0.15) is 29.0 Å². The molecule has 0 saturated heterocycles. The Labute approximate surface area is 112 Å². The zero-order valence-electron chi connectivity index (χ0n) is 10.1. The van der Waals surface area contributed by atoms with Gasteiger partial charge >= 0.3 is 5.97 Å². The summed E-state index contributed by atoms with van der Waals surface area (Å²) in [4.78, 5) is 33.9. The minimum absolute atomic E-state index is 0.109. The van der Waals surface area contributed by atoms with Crippen LogP contribution in [0.5, 0.6) is 5.88 Å². The smallest absolute Gasteiger partial charge is 0.309 e. The predicted molar refractivity (Wildman–Crippen MR) is 67.5 cm³/mol. The van der Waals surface area contributed by atoms with Gasteiger partial charge in [-0.25, -0.2) is 0 Å². The number of halogens is 1. The van der Waals surface area contributed by atoms with Gasteiger partial charge in [0.15, 0.2) is 0 Å². The molecule has 1 aromatic carbocycles. The summed E-state index contributed by atoms with van der Waals surface area (Å²) >= 11 is 5.48. The van der Waals surface area contributed by atoms with E-state index in [4.69, 9.17) is 16.3 Å². The first kappa shape index (κ1) is 13.2. The zero-order valence-corrected chi connectivity index (χ0v) is 10.9. The van der Waals surface area contributed by atoms with Gasteiger partial charge in [0.05, 0.1) is 10.9 Å². The number of nitrogens with zero attached hydrogens (tertiary/aromatic N) is 2. The first-order valence-electron chi connectivity index (χ1n) is 5.32. The fourth-order valence-electron chi connectivity index (χ4n) is 1.75. The van der Waals surface area contributed by atoms with Crippen molar-refractivity contribution in [3.63, 3.8) is 0 Å². The van der Waals surface area contributed by atoms with E-state index < -0.39 is 11.2 Å². The number of carbonyl (C=O) groups is 3. The number of fused-ring (bicyclic) bond motifs is 1. The molecular formula is C12H9ClN2O4. The molecule has 0 aliphatic rings. The van der Waals surface area contributed by atoms with E-state index in [1.165, 1.54) is 19.9 Å². The average Bonchev–Trinajstić information content (AvgIpc) is 2.67. The largest absolute Gasteiger partial charge is 0.405 e. The van der Waals surface area contributed by atoms with Gasteiger partial charge in [-0.2, -0.15) is 4.68 Å². The number of hydrogen-bond donors (Lipinski definition) is 0. The third-order valence-electron chi connectivity index (χ3n) is 2.43. The van der Waals surface area contributed by atoms with Crippen LogP contribution in [0.2, 0.25) is 0 Å². The normalized spacial score (nSPS) is 10.5. The van der Waals surface area contributed by atoms with Gasteiger partial charge in [0.2, 0.25) is 5.91 Å². The van der Waals surface area contributed by atoms with Crippen molar-refractivity contribution in [1.82, 2.24) is 9.78 Å². The monoisotopic (exact) mass is 280 g/mol. The number of rotatable bonds is 2. The molecule has 7 heteroatoms. The molecule has 1 aromatic heterocycles. The number of esters is 1. The summed E-state index contributed by atoms with van der Waals surface area (Å²) in [5.74, 6) is -1.09. The highest BCUT2D eigenvalue weighted by Gasteiger charge is 2.21. The lowest BCUT2D eigenvalue weighted by atomic mass is 10.1. The quantitative estimate of drug-likeness (QED) is 0.621. The second kappa shape index (κ2) is 4.81. The minimum atomic E-state index is -0.720. The second-order valence-corrected chi connectivity index (χ2v) is 4.15. The molecule has 0 spiro atoms. The maximum Gasteiger partial charge on any atom is 0.309 e. The highest BCUT2D eigenvalue weighted by molar-refractivity contribution is 6.68. The molecule has 0 aliphatic carbocycles. The Morgan fingerprint density at radius 2 is 1.95 bits per heavy atom. The number of carbonyl (C=O) groups excluding carboxylic acids is 3. The van der Waals surface area contributed by atoms with E-state index in [-0.39, 0.29) is 22.7 Å². The van der Waals surface area contributed by atoms with Crippen LogP contribution < -0.4 is 4.74 Å². The lowest BCUT2D eigenvalue weighted by Gasteiger charge is -2.00. The lowest BCUT2D eigenvalue weighted by Crippen LogP contribution is -2.08. The lowest BCUT2D eigenvalue weighted by molar-refractivity contribution is -0.132. The fourth-order valence-corrected chi connectivity index (χ4v) is 1.90. The Balaban J connectivity index is 2.83. The molecule has 0 unspecified atom stereocenters. The number of benzene rings is 1. The molecule has 0 aliphatic heterocycles. The van der Waals surface area contributed by atoms with Crippen LogP contribution in [0.4, 0.5) is 0 Å². The van der Waals surface area contributed by atoms with Gasteiger partial charge in [0.1, 0.15) is 0 Å². The van der Waals surface area contributed by atoms with Crippen LogP contribution in [0, 0.1) is 0 Å². The molecule has 0 fully saturated rings. The molecule has 2 rings (SSSR count). The number of aromatic nitrogens is 2. The van der Waals surface area contributed by atoms with Gasteiger partial charge in [-0.3, -0.25) is 14.4 Å². The molecule has 0 radical (unpaired) electrons. The standard InChI is InChI=1S/C12H9ClN2O4/c1-6(16)15-9-5-3-4-8(11(13)18)10(9)12(14-15)19-7(2)17/h3-5H,1-2H3. The van der Waals surface area contributed by atoms with Gasteiger partial charge in [0.25, 0.3) is 11.1 Å². The Morgan fingerprint density at radius 3 is 2.47 bits per heavy atom. The molecule has 1 heterocycles. The van der Waals surface area contributed by atoms with E-state index in [1.54, 1.807) is 12.1 Å². The highest BCUT2D eigenvalue weighted by Crippen LogP contribution is 2.29. The van der Waals surface area contributed by atoms with E-state index in [9.17, 15) is 14.4 Å². The zero-order chi connectivity index (χ0) is 14.2. The SMILES string of the molecule is CC(=O)Oc1nn(C(C)=O)c2cccc(C(=O)Cl)c12. The van der Waals surface area contributed by atoms with Gasteiger partial charge in [-0.05, 0) is 23.7 Å². The Bertz CT molecular complexity index is 705. The molecule has 0 saturated carbocycles. The van der Waals surface area contributed by atoms with E-state index in [1.807, 2.05) is 0 Å². The summed E-state index contributed by atoms with van der Waals surface area (Å²) in [6.45, 7) is 2.50. The van der Waals surface area contributed by atoms with E-state index >= 15 is 0 Å². The van der Waals surface area contributed by atoms with Crippen LogP contribution in [0.25, 0.3) is 10.9 Å². The molecule has 2 aromatic rings. The Hall–Kier alpha value is -2.21. The number of hydrogen-bond acceptors (Lipinski definition) is 5. The van der Waals surface area contributed by atoms with Gasteiger partial charge in [-0.15, -0.1) is 5.10 Å². The fraction of sp³-hybridized carbons (Fsp3) is 0.167. The minimum Gasteiger partial charge on any atom is -0.405 e. The van der Waals surface area contributed by atoms with Crippen molar-refractivity contribution >= 4 is 39.6 Å². The average molecular weight is 281 g/mol. The number of ether oxygens (including phenoxy) is 1. The first-order chi connectivity index (χ1) is 8.91. The molecule has 19 heavy (non-hydrogen) atoms. The molecule has 98 valence electrons. The Morgan fingerprint density at radius 1 is 1.26 bits per heavy atom. The van der Waals surface area contributed by atoms with Crippen LogP contribution >= 0.6 is 11.6 Å². The van der Waals surface area contributed by atoms with Crippen molar-refractivity contribution < 1.29 is 19.1 Å². The Kier molecular flexibility index (Phi) is 3.35. The van der Waals surface area contributed by atoms with E-state index in [0.29, 0.717) is 5.52 Å². The van der Waals surface area contributed by atoms with Crippen molar-refractivity contribution in [3.8, 4) is 5.88 Å². The maximum atomic E-state index is 11.5. The third-order valence-corrected chi connectivity index (χ3v) is 2.63. The molecule has 0 amide bonds. The van der Waals surface area contributed by atoms with Gasteiger partial charge < -0.3 is 4.74 Å². The topological polar surface area (TPSA) is 78.3 Å². The van der Waals surface area contributed by atoms with Crippen molar-refractivity contribution in [2.45, 2.75) is 13.8 Å². The maximum absolute atomic E-state index is 11.5. The van der Waals surface area contributed by atoms with Crippen LogP contribution in [-0.4, -0.2) is 26.9 Å².